The molecule has 200 valence electrons. The molecule has 0 aliphatic heterocycles. The van der Waals surface area contributed by atoms with Crippen LogP contribution in [0.1, 0.15) is 60.0 Å². The summed E-state index contributed by atoms with van der Waals surface area (Å²) in [7, 11) is 0. The molecule has 2 N–H and O–H groups in total. The van der Waals surface area contributed by atoms with E-state index in [2.05, 4.69) is 12.2 Å². The second-order valence-electron chi connectivity index (χ2n) is 9.22. The molecule has 0 aliphatic rings. The highest BCUT2D eigenvalue weighted by Crippen LogP contribution is 2.24. The van der Waals surface area contributed by atoms with Crippen LogP contribution in [0.15, 0.2) is 84.9 Å². The summed E-state index contributed by atoms with van der Waals surface area (Å²) in [6, 6.07) is 24.6. The maximum absolute atomic E-state index is 11.2. The number of unbranched alkanes of at least 4 members (excludes halogenated alkanes) is 2. The van der Waals surface area contributed by atoms with Crippen molar-refractivity contribution in [3.8, 4) is 11.5 Å². The van der Waals surface area contributed by atoms with Gasteiger partial charge in [0.2, 0.25) is 0 Å². The number of carboxylic acids is 2. The summed E-state index contributed by atoms with van der Waals surface area (Å²) in [6.07, 6.45) is 9.18. The summed E-state index contributed by atoms with van der Waals surface area (Å²) in [5, 5.41) is 18.1. The van der Waals surface area contributed by atoms with Crippen LogP contribution in [0.5, 0.6) is 11.5 Å². The van der Waals surface area contributed by atoms with Crippen LogP contribution in [0.2, 0.25) is 0 Å². The molecule has 3 aromatic rings. The molecule has 3 aromatic carbocycles. The van der Waals surface area contributed by atoms with Gasteiger partial charge in [0.05, 0.1) is 18.8 Å². The first-order valence-corrected chi connectivity index (χ1v) is 13.1. The number of rotatable bonds is 17. The standard InChI is InChI=1S/C32H36O6/c33-31(34)15-7-4-10-25(24-26-17-20-28(21-18-26)32(35)36)16-19-27-11-5-6-14-30(27)38-23-9-8-22-37-29-12-2-1-3-13-29/h1-3,5-6,11-14,16-21,25H,4,7-10,15,22-24H2,(H,33,34)(H,35,36). The molecule has 0 aliphatic carbocycles. The lowest BCUT2D eigenvalue weighted by molar-refractivity contribution is -0.137. The van der Waals surface area contributed by atoms with Gasteiger partial charge in [0.1, 0.15) is 11.5 Å². The van der Waals surface area contributed by atoms with Gasteiger partial charge < -0.3 is 19.7 Å². The Labute approximate surface area is 224 Å². The van der Waals surface area contributed by atoms with Gasteiger partial charge in [-0.3, -0.25) is 4.79 Å². The third-order valence-electron chi connectivity index (χ3n) is 6.19. The quantitative estimate of drug-likeness (QED) is 0.185. The van der Waals surface area contributed by atoms with Crippen molar-refractivity contribution >= 4 is 18.0 Å². The van der Waals surface area contributed by atoms with E-state index in [0.29, 0.717) is 19.6 Å². The van der Waals surface area contributed by atoms with Crippen LogP contribution in [-0.4, -0.2) is 35.4 Å². The molecule has 0 saturated heterocycles. The van der Waals surface area contributed by atoms with Crippen LogP contribution in [0, 0.1) is 5.92 Å². The van der Waals surface area contributed by atoms with Gasteiger partial charge in [-0.2, -0.15) is 0 Å². The van der Waals surface area contributed by atoms with E-state index in [1.165, 1.54) is 0 Å². The number of ether oxygens (including phenoxy) is 2. The SMILES string of the molecule is O=C(O)CCCCC(C=Cc1ccccc1OCCCCOc1ccccc1)Cc1ccc(C(=O)O)cc1. The second kappa shape index (κ2) is 15.9. The molecule has 38 heavy (non-hydrogen) atoms. The van der Waals surface area contributed by atoms with Crippen molar-refractivity contribution in [2.24, 2.45) is 5.92 Å². The zero-order chi connectivity index (χ0) is 27.0. The number of benzene rings is 3. The first-order valence-electron chi connectivity index (χ1n) is 13.1. The lowest BCUT2D eigenvalue weighted by atomic mass is 9.92. The monoisotopic (exact) mass is 516 g/mol. The van der Waals surface area contributed by atoms with Crippen molar-refractivity contribution < 1.29 is 29.3 Å². The number of aliphatic carboxylic acids is 1. The number of carboxylic acid groups (broad SMARTS) is 2. The molecule has 0 bridgehead atoms. The minimum Gasteiger partial charge on any atom is -0.494 e. The minimum atomic E-state index is -0.943. The Bertz CT molecular complexity index is 1150. The molecule has 0 saturated carbocycles. The van der Waals surface area contributed by atoms with E-state index >= 15 is 0 Å². The predicted octanol–water partition coefficient (Wildman–Crippen LogP) is 7.14. The van der Waals surface area contributed by atoms with E-state index < -0.39 is 11.9 Å². The summed E-state index contributed by atoms with van der Waals surface area (Å²) < 4.78 is 11.8. The van der Waals surface area contributed by atoms with Crippen molar-refractivity contribution in [1.82, 2.24) is 0 Å². The molecule has 0 aromatic heterocycles. The number of hydrogen-bond acceptors (Lipinski definition) is 4. The molecule has 0 fully saturated rings. The lowest BCUT2D eigenvalue weighted by Gasteiger charge is -2.14. The van der Waals surface area contributed by atoms with Gasteiger partial charge in [0.25, 0.3) is 0 Å². The summed E-state index contributed by atoms with van der Waals surface area (Å²) in [5.41, 5.74) is 2.30. The van der Waals surface area contributed by atoms with Crippen LogP contribution in [0.3, 0.4) is 0 Å². The number of aromatic carboxylic acids is 1. The third-order valence-corrected chi connectivity index (χ3v) is 6.19. The molecular formula is C32H36O6. The number of allylic oxidation sites excluding steroid dienone is 1. The first kappa shape index (κ1) is 28.5. The van der Waals surface area contributed by atoms with E-state index in [4.69, 9.17) is 19.7 Å². The Morgan fingerprint density at radius 2 is 1.45 bits per heavy atom. The summed E-state index contributed by atoms with van der Waals surface area (Å²) in [4.78, 5) is 22.1. The molecule has 6 heteroatoms. The Hall–Kier alpha value is -4.06. The molecule has 6 nitrogen and oxygen atoms in total. The maximum atomic E-state index is 11.2. The zero-order valence-corrected chi connectivity index (χ0v) is 21.6. The van der Waals surface area contributed by atoms with Crippen LogP contribution < -0.4 is 9.47 Å². The molecule has 0 heterocycles. The van der Waals surface area contributed by atoms with Crippen LogP contribution in [0.25, 0.3) is 6.08 Å². The summed E-state index contributed by atoms with van der Waals surface area (Å²) >= 11 is 0. The van der Waals surface area contributed by atoms with Crippen molar-refractivity contribution in [2.45, 2.75) is 44.9 Å². The lowest BCUT2D eigenvalue weighted by Crippen LogP contribution is -2.04. The minimum absolute atomic E-state index is 0.163. The second-order valence-corrected chi connectivity index (χ2v) is 9.22. The fourth-order valence-electron chi connectivity index (χ4n) is 4.12. The smallest absolute Gasteiger partial charge is 0.335 e. The van der Waals surface area contributed by atoms with Gasteiger partial charge in [0.15, 0.2) is 0 Å². The van der Waals surface area contributed by atoms with Crippen molar-refractivity contribution in [2.75, 3.05) is 13.2 Å². The van der Waals surface area contributed by atoms with E-state index in [9.17, 15) is 9.59 Å². The molecule has 0 spiro atoms. The Morgan fingerprint density at radius 3 is 2.16 bits per heavy atom. The van der Waals surface area contributed by atoms with E-state index in [1.54, 1.807) is 12.1 Å². The van der Waals surface area contributed by atoms with E-state index in [0.717, 1.165) is 54.7 Å². The number of hydrogen-bond donors (Lipinski definition) is 2. The van der Waals surface area contributed by atoms with Gasteiger partial charge in [-0.05, 0) is 73.9 Å². The molecule has 0 radical (unpaired) electrons. The Kier molecular flexibility index (Phi) is 11.9. The van der Waals surface area contributed by atoms with Crippen LogP contribution in [0.4, 0.5) is 0 Å². The molecule has 1 unspecified atom stereocenters. The molecule has 0 amide bonds. The topological polar surface area (TPSA) is 93.1 Å². The van der Waals surface area contributed by atoms with E-state index in [1.807, 2.05) is 66.7 Å². The average molecular weight is 517 g/mol. The normalized spacial score (nSPS) is 11.8. The van der Waals surface area contributed by atoms with Gasteiger partial charge in [-0.15, -0.1) is 0 Å². The van der Waals surface area contributed by atoms with E-state index in [-0.39, 0.29) is 17.9 Å². The van der Waals surface area contributed by atoms with Gasteiger partial charge >= 0.3 is 11.9 Å². The fraction of sp³-hybridized carbons (Fsp3) is 0.312. The molecule has 1 atom stereocenters. The molecular weight excluding hydrogens is 480 g/mol. The van der Waals surface area contributed by atoms with Crippen LogP contribution in [-0.2, 0) is 11.2 Å². The predicted molar refractivity (Wildman–Crippen MR) is 149 cm³/mol. The molecule has 3 rings (SSSR count). The first-order chi connectivity index (χ1) is 18.5. The number of carbonyl (C=O) groups is 2. The Balaban J connectivity index is 1.56. The van der Waals surface area contributed by atoms with Crippen molar-refractivity contribution in [3.63, 3.8) is 0 Å². The van der Waals surface area contributed by atoms with Crippen molar-refractivity contribution in [1.29, 1.82) is 0 Å². The zero-order valence-electron chi connectivity index (χ0n) is 21.6. The highest BCUT2D eigenvalue weighted by atomic mass is 16.5. The van der Waals surface area contributed by atoms with Gasteiger partial charge in [-0.1, -0.05) is 67.1 Å². The summed E-state index contributed by atoms with van der Waals surface area (Å²) in [5.74, 6) is 0.158. The van der Waals surface area contributed by atoms with Crippen molar-refractivity contribution in [3.05, 3.63) is 102 Å². The van der Waals surface area contributed by atoms with Gasteiger partial charge in [0, 0.05) is 12.0 Å². The average Bonchev–Trinajstić information content (AvgIpc) is 2.92. The maximum Gasteiger partial charge on any atom is 0.335 e. The number of para-hydroxylation sites is 2. The van der Waals surface area contributed by atoms with Gasteiger partial charge in [-0.25, -0.2) is 4.79 Å². The summed E-state index contributed by atoms with van der Waals surface area (Å²) in [6.45, 7) is 1.24. The highest BCUT2D eigenvalue weighted by Gasteiger charge is 2.10. The van der Waals surface area contributed by atoms with Crippen LogP contribution >= 0.6 is 0 Å². The third kappa shape index (κ3) is 10.5. The fourth-order valence-corrected chi connectivity index (χ4v) is 4.12. The highest BCUT2D eigenvalue weighted by molar-refractivity contribution is 5.87. The Morgan fingerprint density at radius 1 is 0.763 bits per heavy atom. The largest absolute Gasteiger partial charge is 0.494 e.